The quantitative estimate of drug-likeness (QED) is 0.128. The number of fused-ring (bicyclic) bond motifs is 1. The zero-order valence-electron chi connectivity index (χ0n) is 21.2. The maximum Gasteiger partial charge on any atom is 0.191 e. The third-order valence-corrected chi connectivity index (χ3v) is 6.56. The minimum absolute atomic E-state index is 0. The topological polar surface area (TPSA) is 36.9 Å². The van der Waals surface area contributed by atoms with E-state index >= 15 is 0 Å². The lowest BCUT2D eigenvalue weighted by Crippen LogP contribution is -2.24. The molecule has 2 aromatic rings. The van der Waals surface area contributed by atoms with E-state index in [0.29, 0.717) is 47.1 Å². The summed E-state index contributed by atoms with van der Waals surface area (Å²) in [5.41, 5.74) is 0.993. The van der Waals surface area contributed by atoms with Crippen LogP contribution < -0.4 is 18.9 Å². The van der Waals surface area contributed by atoms with E-state index in [4.69, 9.17) is 112 Å². The minimum Gasteiger partial charge on any atom is -0.490 e. The Labute approximate surface area is 294 Å². The van der Waals surface area contributed by atoms with Crippen molar-refractivity contribution >= 4 is 117 Å². The van der Waals surface area contributed by atoms with Gasteiger partial charge in [0.25, 0.3) is 0 Å². The smallest absolute Gasteiger partial charge is 0.191 e. The second-order valence-corrected chi connectivity index (χ2v) is 13.5. The van der Waals surface area contributed by atoms with E-state index in [1.807, 2.05) is 12.1 Å². The maximum atomic E-state index is 6.28. The molecule has 13 heteroatoms. The molecule has 4 nitrogen and oxygen atoms in total. The average Bonchev–Trinajstić information content (AvgIpc) is 3.11. The summed E-state index contributed by atoms with van der Waals surface area (Å²) in [5, 5.41) is 0.749. The molecule has 0 aromatic heterocycles. The summed E-state index contributed by atoms with van der Waals surface area (Å²) in [5.74, 6) is 2.96. The first-order valence-electron chi connectivity index (χ1n) is 11.6. The van der Waals surface area contributed by atoms with Crippen molar-refractivity contribution in [1.29, 1.82) is 0 Å². The van der Waals surface area contributed by atoms with Crippen molar-refractivity contribution in [2.45, 2.75) is 56.4 Å². The van der Waals surface area contributed by atoms with Gasteiger partial charge in [-0.05, 0) is 38.8 Å². The standard InChI is InChI=1S/C23H24Cl4O4.C3H4Cl4.CH4.HI/c1-23(2)14-15-6-5-7-19(21(15)31-23)29-9-3-4-10-30-22-17(24)12-16(13-18(22)25)28-11-8-20(26)27;4-2-1-3(5,6)7;;/h5-8,12-13H,3-4,9-11,14H2,1-2H3;1-2H2;1H4;1H. The van der Waals surface area contributed by atoms with Gasteiger partial charge in [-0.15, -0.1) is 35.6 Å². The second kappa shape index (κ2) is 19.7. The van der Waals surface area contributed by atoms with Gasteiger partial charge in [-0.1, -0.05) is 101 Å². The summed E-state index contributed by atoms with van der Waals surface area (Å²) < 4.78 is 22.2. The molecule has 228 valence electrons. The van der Waals surface area contributed by atoms with Crippen LogP contribution in [0, 0.1) is 0 Å². The molecule has 0 saturated heterocycles. The fourth-order valence-corrected chi connectivity index (χ4v) is 4.89. The van der Waals surface area contributed by atoms with Gasteiger partial charge in [0.05, 0.1) is 23.3 Å². The molecule has 40 heavy (non-hydrogen) atoms. The SMILES string of the molecule is C.CC1(C)Cc2cccc(OCCCCOc3c(Cl)cc(OCC=C(Cl)Cl)cc3Cl)c2O1.ClCCC(Cl)(Cl)Cl.I. The van der Waals surface area contributed by atoms with Crippen molar-refractivity contribution in [2.24, 2.45) is 0 Å². The van der Waals surface area contributed by atoms with E-state index in [9.17, 15) is 0 Å². The molecule has 0 unspecified atom stereocenters. The molecule has 1 aliphatic rings. The summed E-state index contributed by atoms with van der Waals surface area (Å²) in [7, 11) is 0. The van der Waals surface area contributed by atoms with E-state index in [0.717, 1.165) is 30.8 Å². The Morgan fingerprint density at radius 3 is 2.12 bits per heavy atom. The molecular formula is C27H33Cl8IO4. The van der Waals surface area contributed by atoms with E-state index in [1.165, 1.54) is 11.6 Å². The highest BCUT2D eigenvalue weighted by Crippen LogP contribution is 2.42. The van der Waals surface area contributed by atoms with Crippen molar-refractivity contribution in [3.05, 3.63) is 56.5 Å². The Bertz CT molecular complexity index is 1050. The lowest BCUT2D eigenvalue weighted by Gasteiger charge is -2.18. The monoisotopic (exact) mass is 828 g/mol. The molecule has 1 aliphatic heterocycles. The molecule has 0 spiro atoms. The number of rotatable bonds is 11. The number of unbranched alkanes of at least 4 members (excludes halogenated alkanes) is 1. The van der Waals surface area contributed by atoms with E-state index in [-0.39, 0.29) is 48.1 Å². The number of hydrogen-bond donors (Lipinski definition) is 0. The molecule has 0 fully saturated rings. The number of benzene rings is 2. The van der Waals surface area contributed by atoms with Crippen LogP contribution in [0.2, 0.25) is 10.0 Å². The van der Waals surface area contributed by atoms with Gasteiger partial charge in [-0.25, -0.2) is 0 Å². The van der Waals surface area contributed by atoms with Crippen LogP contribution in [0.25, 0.3) is 0 Å². The Hall–Kier alpha value is 0.430. The van der Waals surface area contributed by atoms with Crippen molar-refractivity contribution in [3.63, 3.8) is 0 Å². The van der Waals surface area contributed by atoms with Crippen LogP contribution in [-0.4, -0.2) is 35.1 Å². The normalized spacial score (nSPS) is 12.8. The number of para-hydroxylation sites is 1. The van der Waals surface area contributed by atoms with Gasteiger partial charge in [0.1, 0.15) is 22.4 Å². The third-order valence-electron chi connectivity index (χ3n) is 4.94. The first kappa shape index (κ1) is 40.4. The van der Waals surface area contributed by atoms with Crippen LogP contribution in [0.15, 0.2) is 40.9 Å². The lowest BCUT2D eigenvalue weighted by atomic mass is 10.0. The van der Waals surface area contributed by atoms with E-state index < -0.39 is 3.79 Å². The maximum absolute atomic E-state index is 6.28. The molecule has 3 rings (SSSR count). The van der Waals surface area contributed by atoms with Gasteiger partial charge < -0.3 is 18.9 Å². The van der Waals surface area contributed by atoms with Gasteiger partial charge in [-0.3, -0.25) is 0 Å². The molecule has 0 bridgehead atoms. The fourth-order valence-electron chi connectivity index (χ4n) is 3.33. The van der Waals surface area contributed by atoms with Crippen LogP contribution >= 0.6 is 117 Å². The molecule has 0 radical (unpaired) electrons. The predicted molar refractivity (Wildman–Crippen MR) is 185 cm³/mol. The van der Waals surface area contributed by atoms with Gasteiger partial charge in [0, 0.05) is 36.4 Å². The van der Waals surface area contributed by atoms with Crippen LogP contribution in [0.1, 0.15) is 46.1 Å². The van der Waals surface area contributed by atoms with Crippen molar-refractivity contribution in [2.75, 3.05) is 25.7 Å². The Morgan fingerprint density at radius 2 is 1.60 bits per heavy atom. The molecule has 0 saturated carbocycles. The molecule has 2 aromatic carbocycles. The zero-order valence-corrected chi connectivity index (χ0v) is 29.6. The number of hydrogen-bond acceptors (Lipinski definition) is 4. The molecule has 1 heterocycles. The highest BCUT2D eigenvalue weighted by molar-refractivity contribution is 14.0. The lowest BCUT2D eigenvalue weighted by molar-refractivity contribution is 0.132. The van der Waals surface area contributed by atoms with Gasteiger partial charge in [-0.2, -0.15) is 0 Å². The number of ether oxygens (including phenoxy) is 4. The molecule has 0 aliphatic carbocycles. The number of halogens is 9. The van der Waals surface area contributed by atoms with Gasteiger partial charge >= 0.3 is 0 Å². The first-order valence-corrected chi connectivity index (χ1v) is 14.8. The molecular weight excluding hydrogens is 799 g/mol. The minimum atomic E-state index is -1.16. The van der Waals surface area contributed by atoms with Gasteiger partial charge in [0.15, 0.2) is 21.0 Å². The Morgan fingerprint density at radius 1 is 1.00 bits per heavy atom. The van der Waals surface area contributed by atoms with E-state index in [1.54, 1.807) is 12.1 Å². The van der Waals surface area contributed by atoms with Crippen LogP contribution in [0.3, 0.4) is 0 Å². The van der Waals surface area contributed by atoms with Crippen molar-refractivity contribution in [3.8, 4) is 23.0 Å². The first-order chi connectivity index (χ1) is 17.8. The summed E-state index contributed by atoms with van der Waals surface area (Å²) in [4.78, 5) is 0. The third kappa shape index (κ3) is 15.2. The van der Waals surface area contributed by atoms with Crippen LogP contribution in [-0.2, 0) is 6.42 Å². The zero-order chi connectivity index (χ0) is 28.3. The highest BCUT2D eigenvalue weighted by Gasteiger charge is 2.32. The molecule has 0 atom stereocenters. The summed E-state index contributed by atoms with van der Waals surface area (Å²) in [6.07, 6.45) is 4.41. The highest BCUT2D eigenvalue weighted by atomic mass is 127. The summed E-state index contributed by atoms with van der Waals surface area (Å²) >= 11 is 44.7. The van der Waals surface area contributed by atoms with E-state index in [2.05, 4.69) is 19.9 Å². The molecule has 0 amide bonds. The van der Waals surface area contributed by atoms with Crippen molar-refractivity contribution in [1.82, 2.24) is 0 Å². The predicted octanol–water partition coefficient (Wildman–Crippen LogP) is 11.9. The Balaban J connectivity index is 0.00000150. The van der Waals surface area contributed by atoms with Gasteiger partial charge in [0.2, 0.25) is 0 Å². The second-order valence-electron chi connectivity index (χ2n) is 8.76. The Kier molecular flexibility index (Phi) is 19.9. The largest absolute Gasteiger partial charge is 0.490 e. The van der Waals surface area contributed by atoms with Crippen molar-refractivity contribution < 1.29 is 18.9 Å². The summed E-state index contributed by atoms with van der Waals surface area (Å²) in [6.45, 7) is 5.39. The van der Waals surface area contributed by atoms with Crippen LogP contribution in [0.4, 0.5) is 0 Å². The average molecular weight is 832 g/mol. The number of alkyl halides is 4. The summed E-state index contributed by atoms with van der Waals surface area (Å²) in [6, 6.07) is 9.30. The van der Waals surface area contributed by atoms with Crippen LogP contribution in [0.5, 0.6) is 23.0 Å². The fraction of sp³-hybridized carbons (Fsp3) is 0.481. The molecule has 0 N–H and O–H groups in total.